The van der Waals surface area contributed by atoms with Gasteiger partial charge in [0.2, 0.25) is 11.8 Å². The van der Waals surface area contributed by atoms with Crippen LogP contribution in [0.4, 0.5) is 0 Å². The van der Waals surface area contributed by atoms with E-state index in [1.54, 1.807) is 13.2 Å². The molecular weight excluding hydrogens is 292 g/mol. The van der Waals surface area contributed by atoms with Crippen molar-refractivity contribution in [1.29, 1.82) is 0 Å². The third-order valence-corrected chi connectivity index (χ3v) is 4.45. The Kier molecular flexibility index (Phi) is 6.68. The lowest BCUT2D eigenvalue weighted by atomic mass is 9.87. The van der Waals surface area contributed by atoms with E-state index in [-0.39, 0.29) is 17.9 Å². The van der Waals surface area contributed by atoms with Crippen LogP contribution in [-0.4, -0.2) is 23.9 Å². The molecule has 1 aliphatic rings. The standard InChI is InChI=1S/C18H28N2O3/c1-13(11-16-9-6-10-23-16)19-18(22)14(2)20-17(21)12-15-7-4-3-5-8-15/h6,9-10,13-15H,3-5,7-8,11-12H2,1-2H3,(H,19,22)(H,20,21)/t13-,14+/m1/s1. The van der Waals surface area contributed by atoms with Crippen LogP contribution < -0.4 is 10.6 Å². The number of hydrogen-bond acceptors (Lipinski definition) is 3. The maximum Gasteiger partial charge on any atom is 0.242 e. The highest BCUT2D eigenvalue weighted by Crippen LogP contribution is 2.26. The van der Waals surface area contributed by atoms with Crippen molar-refractivity contribution < 1.29 is 14.0 Å². The summed E-state index contributed by atoms with van der Waals surface area (Å²) in [7, 11) is 0. The summed E-state index contributed by atoms with van der Waals surface area (Å²) >= 11 is 0. The van der Waals surface area contributed by atoms with Crippen LogP contribution in [0, 0.1) is 5.92 Å². The van der Waals surface area contributed by atoms with E-state index in [1.807, 2.05) is 19.1 Å². The molecule has 0 saturated heterocycles. The van der Waals surface area contributed by atoms with E-state index in [0.717, 1.165) is 18.6 Å². The van der Waals surface area contributed by atoms with Gasteiger partial charge in [-0.15, -0.1) is 0 Å². The number of carbonyl (C=O) groups is 2. The summed E-state index contributed by atoms with van der Waals surface area (Å²) in [4.78, 5) is 24.2. The van der Waals surface area contributed by atoms with Crippen LogP contribution in [0.1, 0.15) is 58.1 Å². The van der Waals surface area contributed by atoms with Gasteiger partial charge in [0.15, 0.2) is 0 Å². The van der Waals surface area contributed by atoms with Crippen molar-refractivity contribution >= 4 is 11.8 Å². The Hall–Kier alpha value is -1.78. The monoisotopic (exact) mass is 320 g/mol. The molecule has 1 heterocycles. The molecular formula is C18H28N2O3. The van der Waals surface area contributed by atoms with Gasteiger partial charge < -0.3 is 15.1 Å². The van der Waals surface area contributed by atoms with Gasteiger partial charge in [0, 0.05) is 18.9 Å². The van der Waals surface area contributed by atoms with Crippen molar-refractivity contribution in [2.75, 3.05) is 0 Å². The lowest BCUT2D eigenvalue weighted by molar-refractivity contribution is -0.129. The first kappa shape index (κ1) is 17.6. The summed E-state index contributed by atoms with van der Waals surface area (Å²) in [6.45, 7) is 3.66. The molecule has 128 valence electrons. The fourth-order valence-electron chi connectivity index (χ4n) is 3.17. The van der Waals surface area contributed by atoms with E-state index in [2.05, 4.69) is 10.6 Å². The lowest BCUT2D eigenvalue weighted by Crippen LogP contribution is -2.48. The Morgan fingerprint density at radius 2 is 1.96 bits per heavy atom. The van der Waals surface area contributed by atoms with Crippen LogP contribution in [0.2, 0.25) is 0 Å². The first-order valence-corrected chi connectivity index (χ1v) is 8.66. The van der Waals surface area contributed by atoms with Gasteiger partial charge in [-0.25, -0.2) is 0 Å². The predicted molar refractivity (Wildman–Crippen MR) is 88.8 cm³/mol. The molecule has 2 N–H and O–H groups in total. The third kappa shape index (κ3) is 6.08. The molecule has 23 heavy (non-hydrogen) atoms. The Morgan fingerprint density at radius 3 is 2.61 bits per heavy atom. The smallest absolute Gasteiger partial charge is 0.242 e. The zero-order valence-electron chi connectivity index (χ0n) is 14.1. The second kappa shape index (κ2) is 8.75. The van der Waals surface area contributed by atoms with E-state index in [9.17, 15) is 9.59 Å². The Morgan fingerprint density at radius 1 is 1.22 bits per heavy atom. The van der Waals surface area contributed by atoms with Crippen molar-refractivity contribution in [1.82, 2.24) is 10.6 Å². The average molecular weight is 320 g/mol. The van der Waals surface area contributed by atoms with Crippen molar-refractivity contribution in [3.63, 3.8) is 0 Å². The molecule has 2 rings (SSSR count). The minimum Gasteiger partial charge on any atom is -0.469 e. The number of furan rings is 1. The molecule has 5 heteroatoms. The van der Waals surface area contributed by atoms with E-state index in [0.29, 0.717) is 18.8 Å². The fraction of sp³-hybridized carbons (Fsp3) is 0.667. The molecule has 0 bridgehead atoms. The van der Waals surface area contributed by atoms with Gasteiger partial charge in [-0.3, -0.25) is 9.59 Å². The largest absolute Gasteiger partial charge is 0.469 e. The van der Waals surface area contributed by atoms with Crippen LogP contribution in [0.3, 0.4) is 0 Å². The van der Waals surface area contributed by atoms with Gasteiger partial charge in [-0.2, -0.15) is 0 Å². The van der Waals surface area contributed by atoms with Crippen LogP contribution in [0.25, 0.3) is 0 Å². The lowest BCUT2D eigenvalue weighted by Gasteiger charge is -2.22. The molecule has 2 amide bonds. The molecule has 2 atom stereocenters. The number of hydrogen-bond donors (Lipinski definition) is 2. The zero-order valence-corrected chi connectivity index (χ0v) is 14.1. The number of rotatable bonds is 7. The zero-order chi connectivity index (χ0) is 16.7. The van der Waals surface area contributed by atoms with Crippen molar-refractivity contribution in [2.24, 2.45) is 5.92 Å². The maximum atomic E-state index is 12.2. The second-order valence-corrected chi connectivity index (χ2v) is 6.69. The minimum atomic E-state index is -0.509. The normalized spacial score (nSPS) is 18.2. The first-order chi connectivity index (χ1) is 11.0. The van der Waals surface area contributed by atoms with E-state index in [4.69, 9.17) is 4.42 Å². The van der Waals surface area contributed by atoms with Crippen LogP contribution in [0.15, 0.2) is 22.8 Å². The first-order valence-electron chi connectivity index (χ1n) is 8.66. The van der Waals surface area contributed by atoms with Crippen LogP contribution in [-0.2, 0) is 16.0 Å². The van der Waals surface area contributed by atoms with Crippen molar-refractivity contribution in [2.45, 2.75) is 70.9 Å². The SMILES string of the molecule is C[C@H](Cc1ccco1)NC(=O)[C@H](C)NC(=O)CC1CCCCC1. The molecule has 0 aromatic carbocycles. The van der Waals surface area contributed by atoms with Crippen molar-refractivity contribution in [3.05, 3.63) is 24.2 Å². The van der Waals surface area contributed by atoms with Gasteiger partial charge in [0.1, 0.15) is 11.8 Å². The molecule has 0 unspecified atom stereocenters. The van der Waals surface area contributed by atoms with Crippen LogP contribution >= 0.6 is 0 Å². The van der Waals surface area contributed by atoms with E-state index in [1.165, 1.54) is 19.3 Å². The van der Waals surface area contributed by atoms with Crippen LogP contribution in [0.5, 0.6) is 0 Å². The summed E-state index contributed by atoms with van der Waals surface area (Å²) in [5, 5.41) is 5.73. The molecule has 1 aliphatic carbocycles. The molecule has 1 saturated carbocycles. The van der Waals surface area contributed by atoms with Gasteiger partial charge >= 0.3 is 0 Å². The molecule has 5 nitrogen and oxygen atoms in total. The third-order valence-electron chi connectivity index (χ3n) is 4.45. The minimum absolute atomic E-state index is 0.0155. The Bertz CT molecular complexity index is 492. The van der Waals surface area contributed by atoms with Gasteiger partial charge in [-0.05, 0) is 44.7 Å². The summed E-state index contributed by atoms with van der Waals surface area (Å²) in [5.74, 6) is 1.16. The molecule has 1 aromatic heterocycles. The fourth-order valence-corrected chi connectivity index (χ4v) is 3.17. The van der Waals surface area contributed by atoms with E-state index >= 15 is 0 Å². The second-order valence-electron chi connectivity index (χ2n) is 6.69. The van der Waals surface area contributed by atoms with Gasteiger partial charge in [0.05, 0.1) is 6.26 Å². The number of nitrogens with one attached hydrogen (secondary N) is 2. The highest BCUT2D eigenvalue weighted by atomic mass is 16.3. The number of amides is 2. The van der Waals surface area contributed by atoms with E-state index < -0.39 is 6.04 Å². The maximum absolute atomic E-state index is 12.2. The highest BCUT2D eigenvalue weighted by Gasteiger charge is 2.21. The van der Waals surface area contributed by atoms with Crippen molar-refractivity contribution in [3.8, 4) is 0 Å². The molecule has 0 aliphatic heterocycles. The predicted octanol–water partition coefficient (Wildman–Crippen LogP) is 2.80. The summed E-state index contributed by atoms with van der Waals surface area (Å²) in [6, 6.07) is 3.17. The number of carbonyl (C=O) groups excluding carboxylic acids is 2. The average Bonchev–Trinajstić information content (AvgIpc) is 3.00. The Labute approximate surface area is 138 Å². The molecule has 1 aromatic rings. The highest BCUT2D eigenvalue weighted by molar-refractivity contribution is 5.87. The quantitative estimate of drug-likeness (QED) is 0.811. The summed E-state index contributed by atoms with van der Waals surface area (Å²) in [5.41, 5.74) is 0. The Balaban J connectivity index is 1.69. The molecule has 1 fully saturated rings. The summed E-state index contributed by atoms with van der Waals surface area (Å²) < 4.78 is 5.27. The molecule has 0 radical (unpaired) electrons. The van der Waals surface area contributed by atoms with Gasteiger partial charge in [0.25, 0.3) is 0 Å². The molecule has 0 spiro atoms. The topological polar surface area (TPSA) is 71.3 Å². The summed E-state index contributed by atoms with van der Waals surface area (Å²) in [6.07, 6.45) is 8.79. The van der Waals surface area contributed by atoms with Gasteiger partial charge in [-0.1, -0.05) is 19.3 Å².